The summed E-state index contributed by atoms with van der Waals surface area (Å²) in [6.45, 7) is 7.22. The van der Waals surface area contributed by atoms with E-state index in [0.29, 0.717) is 22.5 Å². The molecule has 1 unspecified atom stereocenters. The molecule has 0 radical (unpaired) electrons. The van der Waals surface area contributed by atoms with Crippen molar-refractivity contribution in [3.8, 4) is 22.6 Å². The van der Waals surface area contributed by atoms with Crippen molar-refractivity contribution >= 4 is 5.82 Å². The molecule has 1 atom stereocenters. The van der Waals surface area contributed by atoms with Gasteiger partial charge in [-0.3, -0.25) is 0 Å². The smallest absolute Gasteiger partial charge is 0.188 e. The van der Waals surface area contributed by atoms with Crippen LogP contribution in [0.2, 0.25) is 0 Å². The van der Waals surface area contributed by atoms with Crippen LogP contribution in [0.4, 0.5) is 10.2 Å². The number of anilines is 1. The number of ether oxygens (including phenoxy) is 2. The van der Waals surface area contributed by atoms with Crippen LogP contribution in [-0.4, -0.2) is 66.8 Å². The Kier molecular flexibility index (Phi) is 6.06. The molecule has 0 amide bonds. The zero-order valence-corrected chi connectivity index (χ0v) is 21.6. The van der Waals surface area contributed by atoms with Gasteiger partial charge in [0.15, 0.2) is 11.6 Å². The minimum absolute atomic E-state index is 0.150. The largest absolute Gasteiger partial charge is 0.451 e. The van der Waals surface area contributed by atoms with Gasteiger partial charge >= 0.3 is 0 Å². The first-order chi connectivity index (χ1) is 18.5. The number of benzene rings is 2. The highest BCUT2D eigenvalue weighted by Gasteiger charge is 2.52. The van der Waals surface area contributed by atoms with E-state index in [4.69, 9.17) is 15.2 Å². The van der Waals surface area contributed by atoms with E-state index in [-0.39, 0.29) is 11.9 Å². The number of rotatable bonds is 6. The van der Waals surface area contributed by atoms with Gasteiger partial charge in [-0.05, 0) is 66.5 Å². The Bertz CT molecular complexity index is 1330. The summed E-state index contributed by atoms with van der Waals surface area (Å²) >= 11 is 0. The van der Waals surface area contributed by atoms with E-state index in [1.54, 1.807) is 18.6 Å². The summed E-state index contributed by atoms with van der Waals surface area (Å²) in [5.41, 5.74) is 10.6. The van der Waals surface area contributed by atoms with Crippen LogP contribution >= 0.6 is 0 Å². The van der Waals surface area contributed by atoms with Gasteiger partial charge in [0.1, 0.15) is 17.9 Å². The van der Waals surface area contributed by atoms with Gasteiger partial charge in [-0.15, -0.1) is 0 Å². The number of hydrogen-bond donors (Lipinski definition) is 1. The molecule has 2 aromatic carbocycles. The first kappa shape index (κ1) is 24.0. The average molecular weight is 516 g/mol. The van der Waals surface area contributed by atoms with E-state index < -0.39 is 0 Å². The Balaban J connectivity index is 1.06. The van der Waals surface area contributed by atoms with E-state index in [1.165, 1.54) is 42.6 Å². The summed E-state index contributed by atoms with van der Waals surface area (Å²) in [5, 5.41) is 0. The molecule has 4 heterocycles. The molecule has 1 spiro atoms. The maximum Gasteiger partial charge on any atom is 0.188 e. The Morgan fingerprint density at radius 2 is 1.82 bits per heavy atom. The summed E-state index contributed by atoms with van der Waals surface area (Å²) in [4.78, 5) is 13.7. The maximum atomic E-state index is 14.4. The zero-order valence-electron chi connectivity index (χ0n) is 21.6. The van der Waals surface area contributed by atoms with Crippen LogP contribution < -0.4 is 15.4 Å². The van der Waals surface area contributed by atoms with Gasteiger partial charge in [-0.1, -0.05) is 18.2 Å². The van der Waals surface area contributed by atoms with Crippen molar-refractivity contribution in [1.82, 2.24) is 14.9 Å². The van der Waals surface area contributed by atoms with Crippen molar-refractivity contribution < 1.29 is 13.9 Å². The number of nitrogens with two attached hydrogens (primary N) is 1. The molecule has 3 aromatic rings. The molecule has 8 heteroatoms. The highest BCUT2D eigenvalue weighted by atomic mass is 19.1. The molecular formula is C30H34FN5O2. The van der Waals surface area contributed by atoms with Gasteiger partial charge in [0.05, 0.1) is 6.20 Å². The van der Waals surface area contributed by atoms with Crippen molar-refractivity contribution in [3.63, 3.8) is 0 Å². The minimum Gasteiger partial charge on any atom is -0.451 e. The third-order valence-electron chi connectivity index (χ3n) is 8.63. The molecule has 4 aliphatic rings. The van der Waals surface area contributed by atoms with Crippen molar-refractivity contribution in [2.75, 3.05) is 50.8 Å². The highest BCUT2D eigenvalue weighted by Crippen LogP contribution is 2.45. The summed E-state index contributed by atoms with van der Waals surface area (Å²) in [7, 11) is 0. The average Bonchev–Trinajstić information content (AvgIpc) is 3.26. The number of likely N-dealkylation sites (tertiary alicyclic amines) is 1. The number of nitrogens with zero attached hydrogens (tertiary/aromatic N) is 4. The highest BCUT2D eigenvalue weighted by molar-refractivity contribution is 5.73. The monoisotopic (exact) mass is 515 g/mol. The topological polar surface area (TPSA) is 76.7 Å². The summed E-state index contributed by atoms with van der Waals surface area (Å²) < 4.78 is 26.3. The SMILES string of the molecule is NC1Cc2ccc(-c3cc(F)ccc3Oc3cncnc3N3CC4(CN(CC5CCOCC5)C4)C3)cc2C1. The fourth-order valence-corrected chi connectivity index (χ4v) is 6.81. The maximum absolute atomic E-state index is 14.4. The van der Waals surface area contributed by atoms with Gasteiger partial charge in [0.25, 0.3) is 0 Å². The number of fused-ring (bicyclic) bond motifs is 1. The Labute approximate surface area is 222 Å². The van der Waals surface area contributed by atoms with Crippen LogP contribution in [0.5, 0.6) is 11.5 Å². The lowest BCUT2D eigenvalue weighted by Crippen LogP contribution is -2.72. The van der Waals surface area contributed by atoms with Crippen LogP contribution in [-0.2, 0) is 17.6 Å². The second kappa shape index (κ2) is 9.59. The molecule has 1 aliphatic carbocycles. The van der Waals surface area contributed by atoms with E-state index >= 15 is 0 Å². The quantitative estimate of drug-likeness (QED) is 0.531. The van der Waals surface area contributed by atoms with Crippen LogP contribution in [0.3, 0.4) is 0 Å². The van der Waals surface area contributed by atoms with E-state index in [1.807, 2.05) is 6.07 Å². The van der Waals surface area contributed by atoms with Crippen molar-refractivity contribution in [2.24, 2.45) is 17.1 Å². The fourth-order valence-electron chi connectivity index (χ4n) is 6.81. The summed E-state index contributed by atoms with van der Waals surface area (Å²) in [6, 6.07) is 11.1. The van der Waals surface area contributed by atoms with E-state index in [0.717, 1.165) is 69.5 Å². The predicted octanol–water partition coefficient (Wildman–Crippen LogP) is 4.05. The van der Waals surface area contributed by atoms with Gasteiger partial charge < -0.3 is 25.0 Å². The van der Waals surface area contributed by atoms with Crippen molar-refractivity contribution in [1.29, 1.82) is 0 Å². The van der Waals surface area contributed by atoms with Gasteiger partial charge in [0, 0.05) is 63.0 Å². The molecule has 7 nitrogen and oxygen atoms in total. The first-order valence-electron chi connectivity index (χ1n) is 13.7. The number of halogens is 1. The molecule has 1 aromatic heterocycles. The molecular weight excluding hydrogens is 481 g/mol. The predicted molar refractivity (Wildman–Crippen MR) is 144 cm³/mol. The lowest BCUT2D eigenvalue weighted by molar-refractivity contribution is -0.0430. The van der Waals surface area contributed by atoms with Crippen LogP contribution in [0.1, 0.15) is 24.0 Å². The molecule has 3 saturated heterocycles. The normalized spacial score (nSPS) is 22.7. The van der Waals surface area contributed by atoms with Gasteiger partial charge in [-0.25, -0.2) is 14.4 Å². The standard InChI is InChI=1S/C30H34FN5O2/c31-24-3-4-27(26(12-24)22-2-1-21-10-25(32)11-23(21)9-22)38-28-13-33-19-34-29(28)36-17-30(18-36)15-35(16-30)14-20-5-7-37-8-6-20/h1-4,9,12-13,19-20,25H,5-8,10-11,14-18,32H2. The Hall–Kier alpha value is -3.07. The third-order valence-corrected chi connectivity index (χ3v) is 8.63. The van der Waals surface area contributed by atoms with Gasteiger partial charge in [-0.2, -0.15) is 0 Å². The van der Waals surface area contributed by atoms with Crippen molar-refractivity contribution in [3.05, 3.63) is 65.9 Å². The van der Waals surface area contributed by atoms with Crippen LogP contribution in [0.15, 0.2) is 48.9 Å². The lowest BCUT2D eigenvalue weighted by atomic mass is 9.72. The fraction of sp³-hybridized carbons (Fsp3) is 0.467. The molecule has 2 N–H and O–H groups in total. The second-order valence-corrected chi connectivity index (χ2v) is 11.7. The summed E-state index contributed by atoms with van der Waals surface area (Å²) in [5.74, 6) is 2.45. The summed E-state index contributed by atoms with van der Waals surface area (Å²) in [6.07, 6.45) is 7.37. The minimum atomic E-state index is -0.297. The van der Waals surface area contributed by atoms with E-state index in [9.17, 15) is 4.39 Å². The molecule has 0 saturated carbocycles. The Morgan fingerprint density at radius 3 is 2.66 bits per heavy atom. The second-order valence-electron chi connectivity index (χ2n) is 11.7. The third kappa shape index (κ3) is 4.55. The molecule has 198 valence electrons. The van der Waals surface area contributed by atoms with Gasteiger partial charge in [0.2, 0.25) is 0 Å². The molecule has 3 fully saturated rings. The molecule has 3 aliphatic heterocycles. The lowest BCUT2D eigenvalue weighted by Gasteiger charge is -2.61. The number of aromatic nitrogens is 2. The molecule has 7 rings (SSSR count). The molecule has 38 heavy (non-hydrogen) atoms. The van der Waals surface area contributed by atoms with Crippen LogP contribution in [0.25, 0.3) is 11.1 Å². The van der Waals surface area contributed by atoms with E-state index in [2.05, 4.69) is 31.9 Å². The molecule has 0 bridgehead atoms. The first-order valence-corrected chi connectivity index (χ1v) is 13.7. The van der Waals surface area contributed by atoms with Crippen LogP contribution in [0, 0.1) is 17.2 Å². The zero-order chi connectivity index (χ0) is 25.7. The Morgan fingerprint density at radius 1 is 1.00 bits per heavy atom. The van der Waals surface area contributed by atoms with Crippen molar-refractivity contribution in [2.45, 2.75) is 31.7 Å². The number of hydrogen-bond acceptors (Lipinski definition) is 7.